The van der Waals surface area contributed by atoms with Gasteiger partial charge < -0.3 is 14.6 Å². The maximum absolute atomic E-state index is 12.3. The van der Waals surface area contributed by atoms with Gasteiger partial charge in [0.05, 0.1) is 13.3 Å². The number of carbonyl (C=O) groups excluding carboxylic acids is 1. The van der Waals surface area contributed by atoms with Crippen molar-refractivity contribution in [3.63, 3.8) is 0 Å². The van der Waals surface area contributed by atoms with Crippen LogP contribution in [0.3, 0.4) is 0 Å². The van der Waals surface area contributed by atoms with Crippen LogP contribution in [0.5, 0.6) is 5.75 Å². The Hall–Kier alpha value is -1.78. The van der Waals surface area contributed by atoms with Crippen LogP contribution in [0.4, 0.5) is 0 Å². The number of hydrogen-bond donors (Lipinski definition) is 1. The van der Waals surface area contributed by atoms with Gasteiger partial charge in [-0.3, -0.25) is 9.59 Å². The number of rotatable bonds is 4. The molecule has 0 spiro atoms. The minimum atomic E-state index is -0.156. The van der Waals surface area contributed by atoms with Crippen molar-refractivity contribution in [1.29, 1.82) is 0 Å². The number of pyridine rings is 1. The fourth-order valence-corrected chi connectivity index (χ4v) is 3.00. The highest BCUT2D eigenvalue weighted by Gasteiger charge is 2.15. The summed E-state index contributed by atoms with van der Waals surface area (Å²) in [6.07, 6.45) is 9.97. The normalized spacial score (nSPS) is 16.6. The Morgan fingerprint density at radius 1 is 1.27 bits per heavy atom. The molecule has 1 N–H and O–H groups in total. The first kappa shape index (κ1) is 16.6. The standard InChI is InChI=1S/C17H26N2O3/c1-13-10-15(20)16(22-2)11-19(13)12-17(21)18-14-8-6-4-3-5-7-9-14/h10-11,14H,3-9,12H2,1-2H3,(H,18,21). The summed E-state index contributed by atoms with van der Waals surface area (Å²) in [6.45, 7) is 2.04. The Labute approximate surface area is 131 Å². The van der Waals surface area contributed by atoms with Crippen molar-refractivity contribution in [3.8, 4) is 5.75 Å². The summed E-state index contributed by atoms with van der Waals surface area (Å²) in [5.74, 6) is 0.267. The van der Waals surface area contributed by atoms with Crippen LogP contribution in [0.25, 0.3) is 0 Å². The van der Waals surface area contributed by atoms with Crippen LogP contribution in [0.15, 0.2) is 17.1 Å². The molecule has 1 saturated carbocycles. The molecule has 0 aliphatic heterocycles. The predicted molar refractivity (Wildman–Crippen MR) is 86.2 cm³/mol. The summed E-state index contributed by atoms with van der Waals surface area (Å²) < 4.78 is 6.80. The summed E-state index contributed by atoms with van der Waals surface area (Å²) in [6, 6.07) is 1.79. The van der Waals surface area contributed by atoms with E-state index < -0.39 is 0 Å². The van der Waals surface area contributed by atoms with Gasteiger partial charge >= 0.3 is 0 Å². The van der Waals surface area contributed by atoms with Crippen LogP contribution in [0.1, 0.15) is 50.6 Å². The lowest BCUT2D eigenvalue weighted by Gasteiger charge is -2.21. The highest BCUT2D eigenvalue weighted by Crippen LogP contribution is 2.17. The van der Waals surface area contributed by atoms with Gasteiger partial charge in [0.15, 0.2) is 5.75 Å². The molecule has 0 radical (unpaired) electrons. The van der Waals surface area contributed by atoms with Gasteiger partial charge in [-0.05, 0) is 19.8 Å². The topological polar surface area (TPSA) is 60.3 Å². The highest BCUT2D eigenvalue weighted by molar-refractivity contribution is 5.76. The number of ether oxygens (including phenoxy) is 1. The number of nitrogens with one attached hydrogen (secondary N) is 1. The molecule has 0 unspecified atom stereocenters. The molecule has 1 aliphatic rings. The SMILES string of the molecule is COc1cn(CC(=O)NC2CCCCCCC2)c(C)cc1=O. The molecule has 5 nitrogen and oxygen atoms in total. The minimum absolute atomic E-state index is 0.000578. The highest BCUT2D eigenvalue weighted by atomic mass is 16.5. The van der Waals surface area contributed by atoms with Crippen LogP contribution >= 0.6 is 0 Å². The van der Waals surface area contributed by atoms with Crippen molar-refractivity contribution in [1.82, 2.24) is 9.88 Å². The molecule has 2 rings (SSSR count). The maximum Gasteiger partial charge on any atom is 0.240 e. The van der Waals surface area contributed by atoms with Gasteiger partial charge in [0.25, 0.3) is 0 Å². The smallest absolute Gasteiger partial charge is 0.240 e. The fraction of sp³-hybridized carbons (Fsp3) is 0.647. The molecule has 1 heterocycles. The van der Waals surface area contributed by atoms with Gasteiger partial charge in [-0.25, -0.2) is 0 Å². The number of nitrogens with zero attached hydrogens (tertiary/aromatic N) is 1. The Kier molecular flexibility index (Phi) is 6.04. The number of carbonyl (C=O) groups is 1. The van der Waals surface area contributed by atoms with Crippen molar-refractivity contribution in [2.75, 3.05) is 7.11 Å². The molecular formula is C17H26N2O3. The van der Waals surface area contributed by atoms with Crippen molar-refractivity contribution in [2.45, 2.75) is 64.5 Å². The molecule has 1 aromatic rings. The average molecular weight is 306 g/mol. The third-order valence-electron chi connectivity index (χ3n) is 4.31. The summed E-state index contributed by atoms with van der Waals surface area (Å²) in [5.41, 5.74) is 0.607. The van der Waals surface area contributed by atoms with E-state index in [-0.39, 0.29) is 29.7 Å². The van der Waals surface area contributed by atoms with Crippen LogP contribution in [0.2, 0.25) is 0 Å². The second-order valence-corrected chi connectivity index (χ2v) is 6.08. The van der Waals surface area contributed by atoms with E-state index in [9.17, 15) is 9.59 Å². The number of hydrogen-bond acceptors (Lipinski definition) is 3. The van der Waals surface area contributed by atoms with Gasteiger partial charge in [0.1, 0.15) is 6.54 Å². The molecule has 1 fully saturated rings. The molecule has 5 heteroatoms. The van der Waals surface area contributed by atoms with Crippen molar-refractivity contribution in [3.05, 3.63) is 28.2 Å². The molecule has 22 heavy (non-hydrogen) atoms. The largest absolute Gasteiger partial charge is 0.491 e. The van der Waals surface area contributed by atoms with Crippen LogP contribution < -0.4 is 15.5 Å². The first-order valence-electron chi connectivity index (χ1n) is 8.14. The summed E-state index contributed by atoms with van der Waals surface area (Å²) >= 11 is 0. The van der Waals surface area contributed by atoms with Crippen molar-refractivity contribution < 1.29 is 9.53 Å². The second-order valence-electron chi connectivity index (χ2n) is 6.08. The van der Waals surface area contributed by atoms with Crippen LogP contribution in [0, 0.1) is 6.92 Å². The molecule has 1 aliphatic carbocycles. The lowest BCUT2D eigenvalue weighted by molar-refractivity contribution is -0.122. The van der Waals surface area contributed by atoms with Crippen molar-refractivity contribution in [2.24, 2.45) is 0 Å². The Morgan fingerprint density at radius 2 is 1.91 bits per heavy atom. The first-order chi connectivity index (χ1) is 10.6. The van der Waals surface area contributed by atoms with Gasteiger partial charge in [-0.15, -0.1) is 0 Å². The Morgan fingerprint density at radius 3 is 2.55 bits per heavy atom. The van der Waals surface area contributed by atoms with E-state index in [0.29, 0.717) is 0 Å². The van der Waals surface area contributed by atoms with E-state index in [0.717, 1.165) is 18.5 Å². The Bertz CT molecular complexity index is 558. The third-order valence-corrected chi connectivity index (χ3v) is 4.31. The monoisotopic (exact) mass is 306 g/mol. The molecule has 1 aromatic heterocycles. The van der Waals surface area contributed by atoms with E-state index in [2.05, 4.69) is 5.32 Å². The lowest BCUT2D eigenvalue weighted by Crippen LogP contribution is -2.37. The number of aryl methyl sites for hydroxylation is 1. The molecule has 0 atom stereocenters. The number of amides is 1. The zero-order valence-corrected chi connectivity index (χ0v) is 13.6. The summed E-state index contributed by atoms with van der Waals surface area (Å²) in [5, 5.41) is 3.14. The third kappa shape index (κ3) is 4.61. The lowest BCUT2D eigenvalue weighted by atomic mass is 9.97. The fourth-order valence-electron chi connectivity index (χ4n) is 3.00. The second kappa shape index (κ2) is 8.01. The van der Waals surface area contributed by atoms with E-state index >= 15 is 0 Å². The van der Waals surface area contributed by atoms with E-state index in [1.165, 1.54) is 45.3 Å². The molecule has 1 amide bonds. The van der Waals surface area contributed by atoms with Gasteiger partial charge in [0, 0.05) is 17.8 Å². The first-order valence-corrected chi connectivity index (χ1v) is 8.14. The van der Waals surface area contributed by atoms with E-state index in [1.807, 2.05) is 6.92 Å². The Balaban J connectivity index is 1.97. The summed E-state index contributed by atoms with van der Waals surface area (Å²) in [7, 11) is 1.46. The van der Waals surface area contributed by atoms with Gasteiger partial charge in [0.2, 0.25) is 11.3 Å². The molecule has 122 valence electrons. The van der Waals surface area contributed by atoms with Gasteiger partial charge in [-0.2, -0.15) is 0 Å². The van der Waals surface area contributed by atoms with Crippen LogP contribution in [-0.2, 0) is 11.3 Å². The molecule has 0 aromatic carbocycles. The van der Waals surface area contributed by atoms with E-state index in [1.54, 1.807) is 10.8 Å². The quantitative estimate of drug-likeness (QED) is 0.929. The van der Waals surface area contributed by atoms with Crippen LogP contribution in [-0.4, -0.2) is 23.6 Å². The van der Waals surface area contributed by atoms with Gasteiger partial charge in [-0.1, -0.05) is 32.1 Å². The zero-order chi connectivity index (χ0) is 15.9. The molecule has 0 bridgehead atoms. The number of methoxy groups -OCH3 is 1. The molecule has 0 saturated heterocycles. The average Bonchev–Trinajstić information content (AvgIpc) is 2.44. The number of aromatic nitrogens is 1. The van der Waals surface area contributed by atoms with E-state index in [4.69, 9.17) is 4.74 Å². The molecular weight excluding hydrogens is 280 g/mol. The van der Waals surface area contributed by atoms with Crippen molar-refractivity contribution >= 4 is 5.91 Å². The predicted octanol–water partition coefficient (Wildman–Crippen LogP) is 2.39. The minimum Gasteiger partial charge on any atom is -0.491 e. The summed E-state index contributed by atoms with van der Waals surface area (Å²) in [4.78, 5) is 23.9. The maximum atomic E-state index is 12.3. The zero-order valence-electron chi connectivity index (χ0n) is 13.6.